The average molecular weight is 343 g/mol. The number of aryl methyl sites for hydroxylation is 2. The van der Waals surface area contributed by atoms with E-state index in [1.165, 1.54) is 11.8 Å². The van der Waals surface area contributed by atoms with Crippen molar-refractivity contribution in [3.05, 3.63) is 47.3 Å². The number of hydrogen-bond donors (Lipinski definition) is 1. The number of aromatic amines is 1. The number of ether oxygens (including phenoxy) is 1. The highest BCUT2D eigenvalue weighted by molar-refractivity contribution is 7.99. The number of Topliss-reactive ketones (excluding diaryl/α,β-unsaturated/α-hetero) is 1. The number of thioether (sulfide) groups is 1. The smallest absolute Gasteiger partial charge is 0.214 e. The van der Waals surface area contributed by atoms with Crippen LogP contribution in [0.5, 0.6) is 5.75 Å². The summed E-state index contributed by atoms with van der Waals surface area (Å²) >= 11 is 1.30. The SMILES string of the molecule is COc1ccccc1-n1nnnc1SCC(=O)c1cc(C)[nH]c1C. The van der Waals surface area contributed by atoms with Gasteiger partial charge in [-0.15, -0.1) is 5.10 Å². The number of ketones is 1. The van der Waals surface area contributed by atoms with E-state index in [2.05, 4.69) is 20.5 Å². The topological polar surface area (TPSA) is 85.7 Å². The van der Waals surface area contributed by atoms with Crippen molar-refractivity contribution in [3.63, 3.8) is 0 Å². The summed E-state index contributed by atoms with van der Waals surface area (Å²) in [7, 11) is 1.59. The molecule has 1 N–H and O–H groups in total. The molecule has 0 bridgehead atoms. The van der Waals surface area contributed by atoms with Gasteiger partial charge in [-0.05, 0) is 42.5 Å². The normalized spacial score (nSPS) is 10.8. The molecule has 1 aromatic carbocycles. The number of nitrogens with one attached hydrogen (secondary N) is 1. The third kappa shape index (κ3) is 3.18. The van der Waals surface area contributed by atoms with Crippen molar-refractivity contribution in [2.24, 2.45) is 0 Å². The number of aromatic nitrogens is 5. The first-order valence-electron chi connectivity index (χ1n) is 7.34. The van der Waals surface area contributed by atoms with Crippen LogP contribution in [-0.4, -0.2) is 43.8 Å². The highest BCUT2D eigenvalue weighted by Crippen LogP contribution is 2.26. The predicted octanol–water partition coefficient (Wildman–Crippen LogP) is 2.59. The maximum atomic E-state index is 12.4. The van der Waals surface area contributed by atoms with E-state index < -0.39 is 0 Å². The molecule has 0 unspecified atom stereocenters. The number of H-pyrrole nitrogens is 1. The fourth-order valence-corrected chi connectivity index (χ4v) is 3.21. The van der Waals surface area contributed by atoms with Gasteiger partial charge < -0.3 is 9.72 Å². The van der Waals surface area contributed by atoms with E-state index in [4.69, 9.17) is 4.74 Å². The number of tetrazole rings is 1. The maximum Gasteiger partial charge on any atom is 0.214 e. The van der Waals surface area contributed by atoms with E-state index in [0.29, 0.717) is 16.5 Å². The van der Waals surface area contributed by atoms with Crippen LogP contribution in [-0.2, 0) is 0 Å². The summed E-state index contributed by atoms with van der Waals surface area (Å²) in [5, 5.41) is 12.3. The minimum Gasteiger partial charge on any atom is -0.494 e. The van der Waals surface area contributed by atoms with Crippen molar-refractivity contribution in [2.45, 2.75) is 19.0 Å². The predicted molar refractivity (Wildman–Crippen MR) is 91.0 cm³/mol. The lowest BCUT2D eigenvalue weighted by molar-refractivity contribution is 0.102. The second-order valence-corrected chi connectivity index (χ2v) is 6.19. The number of hydrogen-bond acceptors (Lipinski definition) is 6. The maximum absolute atomic E-state index is 12.4. The molecule has 0 spiro atoms. The van der Waals surface area contributed by atoms with Crippen LogP contribution in [0.15, 0.2) is 35.5 Å². The van der Waals surface area contributed by atoms with Gasteiger partial charge in [-0.25, -0.2) is 0 Å². The molecule has 0 amide bonds. The molecular formula is C16H17N5O2S. The van der Waals surface area contributed by atoms with Gasteiger partial charge in [-0.3, -0.25) is 4.79 Å². The minimum absolute atomic E-state index is 0.0384. The Morgan fingerprint density at radius 3 is 2.83 bits per heavy atom. The molecule has 7 nitrogen and oxygen atoms in total. The van der Waals surface area contributed by atoms with Crippen molar-refractivity contribution in [3.8, 4) is 11.4 Å². The summed E-state index contributed by atoms with van der Waals surface area (Å²) in [5.74, 6) is 0.958. The van der Waals surface area contributed by atoms with Gasteiger partial charge in [-0.1, -0.05) is 23.9 Å². The van der Waals surface area contributed by atoms with Gasteiger partial charge in [0.2, 0.25) is 5.16 Å². The minimum atomic E-state index is 0.0384. The van der Waals surface area contributed by atoms with Crippen LogP contribution in [0.4, 0.5) is 0 Å². The van der Waals surface area contributed by atoms with Gasteiger partial charge >= 0.3 is 0 Å². The lowest BCUT2D eigenvalue weighted by Gasteiger charge is -2.08. The van der Waals surface area contributed by atoms with Crippen LogP contribution < -0.4 is 4.74 Å². The van der Waals surface area contributed by atoms with Crippen LogP contribution >= 0.6 is 11.8 Å². The third-order valence-electron chi connectivity index (χ3n) is 3.54. The van der Waals surface area contributed by atoms with Crippen molar-refractivity contribution >= 4 is 17.5 Å². The van der Waals surface area contributed by atoms with Crippen molar-refractivity contribution in [1.29, 1.82) is 0 Å². The fourth-order valence-electron chi connectivity index (χ4n) is 2.45. The highest BCUT2D eigenvalue weighted by atomic mass is 32.2. The molecule has 0 saturated heterocycles. The summed E-state index contributed by atoms with van der Waals surface area (Å²) in [4.78, 5) is 15.5. The molecule has 0 atom stereocenters. The molecule has 0 aliphatic heterocycles. The highest BCUT2D eigenvalue weighted by Gasteiger charge is 2.17. The van der Waals surface area contributed by atoms with Gasteiger partial charge in [0.15, 0.2) is 5.78 Å². The first-order valence-corrected chi connectivity index (χ1v) is 8.32. The third-order valence-corrected chi connectivity index (χ3v) is 4.46. The Morgan fingerprint density at radius 2 is 2.12 bits per heavy atom. The van der Waals surface area contributed by atoms with Gasteiger partial charge in [0.05, 0.1) is 12.9 Å². The Kier molecular flexibility index (Phi) is 4.66. The van der Waals surface area contributed by atoms with E-state index in [1.807, 2.05) is 44.2 Å². The second-order valence-electron chi connectivity index (χ2n) is 5.25. The van der Waals surface area contributed by atoms with E-state index >= 15 is 0 Å². The molecule has 24 heavy (non-hydrogen) atoms. The van der Waals surface area contributed by atoms with Crippen LogP contribution in [0, 0.1) is 13.8 Å². The van der Waals surface area contributed by atoms with Gasteiger partial charge in [0.1, 0.15) is 11.4 Å². The lowest BCUT2D eigenvalue weighted by atomic mass is 10.2. The average Bonchev–Trinajstić information content (AvgIpc) is 3.18. The summed E-state index contributed by atoms with van der Waals surface area (Å²) in [6.45, 7) is 3.82. The van der Waals surface area contributed by atoms with Crippen molar-refractivity contribution < 1.29 is 9.53 Å². The van der Waals surface area contributed by atoms with E-state index in [0.717, 1.165) is 17.1 Å². The van der Waals surface area contributed by atoms with Crippen LogP contribution in [0.1, 0.15) is 21.7 Å². The van der Waals surface area contributed by atoms with Crippen LogP contribution in [0.3, 0.4) is 0 Å². The molecule has 3 aromatic rings. The van der Waals surface area contributed by atoms with Gasteiger partial charge in [0, 0.05) is 17.0 Å². The molecule has 0 aliphatic rings. The van der Waals surface area contributed by atoms with E-state index in [1.54, 1.807) is 11.8 Å². The molecule has 2 aromatic heterocycles. The van der Waals surface area contributed by atoms with E-state index in [9.17, 15) is 4.79 Å². The number of nitrogens with zero attached hydrogens (tertiary/aromatic N) is 4. The molecule has 124 valence electrons. The van der Waals surface area contributed by atoms with Crippen LogP contribution in [0.25, 0.3) is 5.69 Å². The second kappa shape index (κ2) is 6.88. The molecule has 0 fully saturated rings. The van der Waals surface area contributed by atoms with Crippen LogP contribution in [0.2, 0.25) is 0 Å². The Bertz CT molecular complexity index is 871. The zero-order chi connectivity index (χ0) is 17.1. The number of methoxy groups -OCH3 is 1. The largest absolute Gasteiger partial charge is 0.494 e. The van der Waals surface area contributed by atoms with Crippen molar-refractivity contribution in [1.82, 2.24) is 25.2 Å². The summed E-state index contributed by atoms with van der Waals surface area (Å²) < 4.78 is 6.92. The Labute approximate surface area is 143 Å². The Hall–Kier alpha value is -2.61. The van der Waals surface area contributed by atoms with E-state index in [-0.39, 0.29) is 11.5 Å². The molecular weight excluding hydrogens is 326 g/mol. The first kappa shape index (κ1) is 16.3. The fraction of sp³-hybridized carbons (Fsp3) is 0.250. The monoisotopic (exact) mass is 343 g/mol. The molecule has 0 aliphatic carbocycles. The Balaban J connectivity index is 1.79. The number of benzene rings is 1. The van der Waals surface area contributed by atoms with Crippen molar-refractivity contribution in [2.75, 3.05) is 12.9 Å². The Morgan fingerprint density at radius 1 is 1.33 bits per heavy atom. The summed E-state index contributed by atoms with van der Waals surface area (Å²) in [6.07, 6.45) is 0. The number of carbonyl (C=O) groups excluding carboxylic acids is 1. The zero-order valence-electron chi connectivity index (χ0n) is 13.6. The molecule has 2 heterocycles. The van der Waals surface area contributed by atoms with Gasteiger partial charge in [0.25, 0.3) is 0 Å². The standard InChI is InChI=1S/C16H17N5O2S/c1-10-8-12(11(2)17-10)14(22)9-24-16-18-19-20-21(16)13-6-4-5-7-15(13)23-3/h4-8,17H,9H2,1-3H3. The summed E-state index contributed by atoms with van der Waals surface area (Å²) in [6, 6.07) is 9.32. The molecule has 0 radical (unpaired) electrons. The zero-order valence-corrected chi connectivity index (χ0v) is 14.4. The first-order chi connectivity index (χ1) is 11.6. The summed E-state index contributed by atoms with van der Waals surface area (Å²) in [5.41, 5.74) is 3.28. The number of carbonyl (C=O) groups is 1. The van der Waals surface area contributed by atoms with Gasteiger partial charge in [-0.2, -0.15) is 4.68 Å². The quantitative estimate of drug-likeness (QED) is 0.547. The number of rotatable bonds is 6. The molecule has 0 saturated carbocycles. The molecule has 3 rings (SSSR count). The number of para-hydroxylation sites is 2. The lowest BCUT2D eigenvalue weighted by Crippen LogP contribution is -2.06. The molecule has 8 heteroatoms.